The first-order valence-electron chi connectivity index (χ1n) is 7.72. The second-order valence-electron chi connectivity index (χ2n) is 5.03. The van der Waals surface area contributed by atoms with Crippen molar-refractivity contribution in [2.24, 2.45) is 0 Å². The average Bonchev–Trinajstić information content (AvgIpc) is 2.78. The van der Waals surface area contributed by atoms with Gasteiger partial charge in [0, 0.05) is 22.8 Å². The van der Waals surface area contributed by atoms with Gasteiger partial charge in [0.05, 0.1) is 6.61 Å². The summed E-state index contributed by atoms with van der Waals surface area (Å²) < 4.78 is 5.22. The monoisotopic (exact) mass is 312 g/mol. The Kier molecular flexibility index (Phi) is 7.93. The molecule has 1 rings (SSSR count). The minimum Gasteiger partial charge on any atom is -0.465 e. The molecule has 4 nitrogen and oxygen atoms in total. The van der Waals surface area contributed by atoms with E-state index in [-0.39, 0.29) is 12.0 Å². The first-order chi connectivity index (χ1) is 10.0. The van der Waals surface area contributed by atoms with E-state index >= 15 is 0 Å². The topological polar surface area (TPSA) is 41.6 Å². The number of hydrogen-bond donors (Lipinski definition) is 1. The normalized spacial score (nSPS) is 12.7. The molecule has 1 N–H and O–H groups in total. The van der Waals surface area contributed by atoms with E-state index in [1.54, 1.807) is 11.3 Å². The molecule has 0 amide bonds. The summed E-state index contributed by atoms with van der Waals surface area (Å²) in [5.41, 5.74) is 1.05. The lowest BCUT2D eigenvalue weighted by Crippen LogP contribution is -2.37. The van der Waals surface area contributed by atoms with Gasteiger partial charge in [0.25, 0.3) is 0 Å². The number of carbonyl (C=O) groups is 1. The van der Waals surface area contributed by atoms with E-state index in [1.165, 1.54) is 9.75 Å². The van der Waals surface area contributed by atoms with Crippen LogP contribution in [0, 0.1) is 13.8 Å². The summed E-state index contributed by atoms with van der Waals surface area (Å²) in [5.74, 6) is -0.182. The molecule has 1 heterocycles. The van der Waals surface area contributed by atoms with Gasteiger partial charge in [0.2, 0.25) is 0 Å². The molecule has 0 radical (unpaired) electrons. The number of esters is 1. The third-order valence-electron chi connectivity index (χ3n) is 3.58. The molecule has 5 heteroatoms. The van der Waals surface area contributed by atoms with Crippen LogP contribution in [0.25, 0.3) is 0 Å². The summed E-state index contributed by atoms with van der Waals surface area (Å²) in [5, 5.41) is 3.36. The summed E-state index contributed by atoms with van der Waals surface area (Å²) in [6, 6.07) is 1.73. The SMILES string of the molecule is CCOC(=O)C(NCCN(CC)CC)c1cc(C)sc1C. The van der Waals surface area contributed by atoms with Gasteiger partial charge in [-0.3, -0.25) is 5.32 Å². The van der Waals surface area contributed by atoms with Crippen molar-refractivity contribution in [1.29, 1.82) is 0 Å². The van der Waals surface area contributed by atoms with Crippen LogP contribution in [0.4, 0.5) is 0 Å². The van der Waals surface area contributed by atoms with Crippen molar-refractivity contribution in [2.75, 3.05) is 32.8 Å². The zero-order valence-corrected chi connectivity index (χ0v) is 14.7. The van der Waals surface area contributed by atoms with E-state index in [9.17, 15) is 4.79 Å². The number of likely N-dealkylation sites (N-methyl/N-ethyl adjacent to an activating group) is 1. The van der Waals surface area contributed by atoms with E-state index in [0.717, 1.165) is 31.7 Å². The summed E-state index contributed by atoms with van der Waals surface area (Å²) in [4.78, 5) is 17.0. The summed E-state index contributed by atoms with van der Waals surface area (Å²) in [6.07, 6.45) is 0. The van der Waals surface area contributed by atoms with Crippen LogP contribution in [0.5, 0.6) is 0 Å². The number of aryl methyl sites for hydroxylation is 2. The molecular formula is C16H28N2O2S. The van der Waals surface area contributed by atoms with Gasteiger partial charge in [-0.25, -0.2) is 4.79 Å². The van der Waals surface area contributed by atoms with Gasteiger partial charge in [0.15, 0.2) is 0 Å². The van der Waals surface area contributed by atoms with Gasteiger partial charge in [-0.2, -0.15) is 0 Å². The minimum atomic E-state index is -0.356. The maximum Gasteiger partial charge on any atom is 0.327 e. The quantitative estimate of drug-likeness (QED) is 0.712. The smallest absolute Gasteiger partial charge is 0.327 e. The van der Waals surface area contributed by atoms with Crippen LogP contribution in [0.2, 0.25) is 0 Å². The van der Waals surface area contributed by atoms with Crippen molar-refractivity contribution in [1.82, 2.24) is 10.2 Å². The Morgan fingerprint density at radius 2 is 2.00 bits per heavy atom. The van der Waals surface area contributed by atoms with Crippen molar-refractivity contribution in [3.8, 4) is 0 Å². The molecule has 21 heavy (non-hydrogen) atoms. The molecule has 0 aliphatic rings. The predicted molar refractivity (Wildman–Crippen MR) is 89.0 cm³/mol. The number of nitrogens with one attached hydrogen (secondary N) is 1. The molecule has 0 aromatic carbocycles. The minimum absolute atomic E-state index is 0.182. The van der Waals surface area contributed by atoms with Gasteiger partial charge < -0.3 is 9.64 Å². The van der Waals surface area contributed by atoms with Crippen LogP contribution in [-0.4, -0.2) is 43.7 Å². The maximum absolute atomic E-state index is 12.2. The number of rotatable bonds is 9. The second kappa shape index (κ2) is 9.18. The fourth-order valence-electron chi connectivity index (χ4n) is 2.39. The Bertz CT molecular complexity index is 441. The molecule has 0 bridgehead atoms. The lowest BCUT2D eigenvalue weighted by atomic mass is 10.1. The highest BCUT2D eigenvalue weighted by molar-refractivity contribution is 7.12. The van der Waals surface area contributed by atoms with Gasteiger partial charge in [-0.05, 0) is 45.5 Å². The zero-order chi connectivity index (χ0) is 15.8. The van der Waals surface area contributed by atoms with Crippen molar-refractivity contribution >= 4 is 17.3 Å². The van der Waals surface area contributed by atoms with Crippen molar-refractivity contribution in [2.45, 2.75) is 40.7 Å². The molecule has 0 saturated carbocycles. The van der Waals surface area contributed by atoms with Crippen molar-refractivity contribution in [3.05, 3.63) is 21.4 Å². The zero-order valence-electron chi connectivity index (χ0n) is 13.9. The first-order valence-corrected chi connectivity index (χ1v) is 8.54. The third kappa shape index (κ3) is 5.41. The Morgan fingerprint density at radius 1 is 1.33 bits per heavy atom. The second-order valence-corrected chi connectivity index (χ2v) is 6.50. The molecule has 1 aromatic rings. The van der Waals surface area contributed by atoms with E-state index in [2.05, 4.69) is 44.0 Å². The lowest BCUT2D eigenvalue weighted by Gasteiger charge is -2.21. The van der Waals surface area contributed by atoms with Crippen LogP contribution >= 0.6 is 11.3 Å². The van der Waals surface area contributed by atoms with Crippen LogP contribution < -0.4 is 5.32 Å². The summed E-state index contributed by atoms with van der Waals surface area (Å²) in [7, 11) is 0. The molecule has 120 valence electrons. The molecule has 0 fully saturated rings. The number of hydrogen-bond acceptors (Lipinski definition) is 5. The number of nitrogens with zero attached hydrogens (tertiary/aromatic N) is 1. The Morgan fingerprint density at radius 3 is 2.48 bits per heavy atom. The van der Waals surface area contributed by atoms with Crippen LogP contribution in [0.1, 0.15) is 42.1 Å². The van der Waals surface area contributed by atoms with Gasteiger partial charge >= 0.3 is 5.97 Å². The highest BCUT2D eigenvalue weighted by Gasteiger charge is 2.24. The van der Waals surface area contributed by atoms with Crippen molar-refractivity contribution in [3.63, 3.8) is 0 Å². The predicted octanol–water partition coefficient (Wildman–Crippen LogP) is 2.90. The van der Waals surface area contributed by atoms with E-state index in [1.807, 2.05) is 6.92 Å². The standard InChI is InChI=1S/C16H28N2O2S/c1-6-18(7-2)10-9-17-15(16(19)20-8-3)14-11-12(4)21-13(14)5/h11,15,17H,6-10H2,1-5H3. The lowest BCUT2D eigenvalue weighted by molar-refractivity contribution is -0.145. The van der Waals surface area contributed by atoms with E-state index < -0.39 is 0 Å². The molecule has 0 aliphatic carbocycles. The van der Waals surface area contributed by atoms with E-state index in [0.29, 0.717) is 6.61 Å². The highest BCUT2D eigenvalue weighted by atomic mass is 32.1. The molecule has 1 unspecified atom stereocenters. The molecule has 1 aromatic heterocycles. The maximum atomic E-state index is 12.2. The van der Waals surface area contributed by atoms with Crippen LogP contribution in [0.15, 0.2) is 6.07 Å². The fraction of sp³-hybridized carbons (Fsp3) is 0.688. The first kappa shape index (κ1) is 18.1. The van der Waals surface area contributed by atoms with Crippen LogP contribution in [0.3, 0.4) is 0 Å². The molecule has 0 spiro atoms. The van der Waals surface area contributed by atoms with Crippen LogP contribution in [-0.2, 0) is 9.53 Å². The summed E-state index contributed by atoms with van der Waals surface area (Å²) in [6.45, 7) is 14.5. The van der Waals surface area contributed by atoms with Crippen molar-refractivity contribution < 1.29 is 9.53 Å². The number of carbonyl (C=O) groups excluding carboxylic acids is 1. The molecular weight excluding hydrogens is 284 g/mol. The average molecular weight is 312 g/mol. The fourth-order valence-corrected chi connectivity index (χ4v) is 3.35. The molecule has 0 saturated heterocycles. The Hall–Kier alpha value is -0.910. The third-order valence-corrected chi connectivity index (χ3v) is 4.57. The Balaban J connectivity index is 2.74. The number of ether oxygens (including phenoxy) is 1. The van der Waals surface area contributed by atoms with Gasteiger partial charge in [0.1, 0.15) is 6.04 Å². The van der Waals surface area contributed by atoms with Gasteiger partial charge in [-0.1, -0.05) is 13.8 Å². The largest absolute Gasteiger partial charge is 0.465 e. The molecule has 1 atom stereocenters. The van der Waals surface area contributed by atoms with Gasteiger partial charge in [-0.15, -0.1) is 11.3 Å². The number of thiophene rings is 1. The molecule has 0 aliphatic heterocycles. The van der Waals surface area contributed by atoms with E-state index in [4.69, 9.17) is 4.74 Å². The summed E-state index contributed by atoms with van der Waals surface area (Å²) >= 11 is 1.72. The highest BCUT2D eigenvalue weighted by Crippen LogP contribution is 2.27. The Labute approximate surface area is 132 Å².